The zero-order valence-electron chi connectivity index (χ0n) is 18.9. The molecule has 6 nitrogen and oxygen atoms in total. The predicted molar refractivity (Wildman–Crippen MR) is 114 cm³/mol. The van der Waals surface area contributed by atoms with Crippen molar-refractivity contribution in [3.8, 4) is 0 Å². The quantitative estimate of drug-likeness (QED) is 0.527. The molecule has 2 saturated carbocycles. The molecule has 2 aliphatic rings. The molecule has 0 bridgehead atoms. The largest absolute Gasteiger partial charge is 0.544 e. The standard InChI is InChI=1S/C25H32F2O6/c1-2-24(15-7-4-8-16-24)33-22(29)19-13-11-18(12-14-19)21(28)32-20(25(26,27)23(30)31)17-9-5-3-6-10-17/h11-14,17,20H,2-10,15-16H2,1H3,(H,30,31)/p-1. The van der Waals surface area contributed by atoms with Crippen LogP contribution in [-0.2, 0) is 14.3 Å². The Kier molecular flexibility index (Phi) is 8.08. The third-order valence-corrected chi connectivity index (χ3v) is 7.02. The average Bonchev–Trinajstić information content (AvgIpc) is 2.83. The molecule has 0 N–H and O–H groups in total. The number of aliphatic carboxylic acids is 1. The molecule has 182 valence electrons. The topological polar surface area (TPSA) is 92.7 Å². The fraction of sp³-hybridized carbons (Fsp3) is 0.640. The molecule has 0 radical (unpaired) electrons. The van der Waals surface area contributed by atoms with Gasteiger partial charge >= 0.3 is 17.9 Å². The number of esters is 2. The lowest BCUT2D eigenvalue weighted by molar-refractivity contribution is -0.337. The van der Waals surface area contributed by atoms with Gasteiger partial charge in [-0.25, -0.2) is 9.59 Å². The fourth-order valence-electron chi connectivity index (χ4n) is 4.92. The van der Waals surface area contributed by atoms with Crippen LogP contribution in [-0.4, -0.2) is 35.5 Å². The molecule has 0 saturated heterocycles. The van der Waals surface area contributed by atoms with Crippen LogP contribution in [0.5, 0.6) is 0 Å². The van der Waals surface area contributed by atoms with Crippen molar-refractivity contribution in [1.29, 1.82) is 0 Å². The van der Waals surface area contributed by atoms with Gasteiger partial charge < -0.3 is 19.4 Å². The highest BCUT2D eigenvalue weighted by Crippen LogP contribution is 2.37. The molecule has 33 heavy (non-hydrogen) atoms. The summed E-state index contributed by atoms with van der Waals surface area (Å²) in [6.45, 7) is 1.99. The zero-order chi connectivity index (χ0) is 24.1. The number of alkyl halides is 2. The molecule has 1 aromatic carbocycles. The molecular formula is C25H31F2O6-. The first-order valence-corrected chi connectivity index (χ1v) is 11.8. The number of halogens is 2. The second-order valence-corrected chi connectivity index (χ2v) is 9.20. The number of carboxylic acids is 1. The van der Waals surface area contributed by atoms with Crippen molar-refractivity contribution in [2.45, 2.75) is 95.2 Å². The molecule has 0 aliphatic heterocycles. The minimum absolute atomic E-state index is 0.0515. The van der Waals surface area contributed by atoms with Gasteiger partial charge in [-0.05, 0) is 69.2 Å². The Bertz CT molecular complexity index is 839. The van der Waals surface area contributed by atoms with E-state index < -0.39 is 41.5 Å². The highest BCUT2D eigenvalue weighted by atomic mass is 19.3. The van der Waals surface area contributed by atoms with Crippen molar-refractivity contribution in [3.63, 3.8) is 0 Å². The first kappa shape index (κ1) is 25.1. The van der Waals surface area contributed by atoms with Crippen LogP contribution in [0.1, 0.15) is 98.3 Å². The van der Waals surface area contributed by atoms with Gasteiger partial charge in [0.1, 0.15) is 11.6 Å². The summed E-state index contributed by atoms with van der Waals surface area (Å²) in [4.78, 5) is 36.3. The Morgan fingerprint density at radius 3 is 2.00 bits per heavy atom. The van der Waals surface area contributed by atoms with Crippen LogP contribution < -0.4 is 5.11 Å². The van der Waals surface area contributed by atoms with Crippen molar-refractivity contribution in [2.75, 3.05) is 0 Å². The number of benzene rings is 1. The van der Waals surface area contributed by atoms with Crippen LogP contribution in [0.3, 0.4) is 0 Å². The molecule has 8 heteroatoms. The maximum Gasteiger partial charge on any atom is 0.338 e. The van der Waals surface area contributed by atoms with Crippen LogP contribution in [0.25, 0.3) is 0 Å². The molecular weight excluding hydrogens is 434 g/mol. The average molecular weight is 466 g/mol. The SMILES string of the molecule is CCC1(OC(=O)c2ccc(C(=O)OC(C3CCCCC3)C(F)(F)C(=O)[O-])cc2)CCCCC1. The zero-order valence-corrected chi connectivity index (χ0v) is 18.9. The highest BCUT2D eigenvalue weighted by Gasteiger charge is 2.48. The molecule has 1 unspecified atom stereocenters. The molecule has 3 rings (SSSR count). The van der Waals surface area contributed by atoms with Crippen LogP contribution in [0.15, 0.2) is 24.3 Å². The van der Waals surface area contributed by atoms with Crippen LogP contribution >= 0.6 is 0 Å². The van der Waals surface area contributed by atoms with E-state index in [0.717, 1.165) is 44.9 Å². The maximum absolute atomic E-state index is 14.3. The van der Waals surface area contributed by atoms with Gasteiger partial charge in [-0.15, -0.1) is 0 Å². The summed E-state index contributed by atoms with van der Waals surface area (Å²) in [6, 6.07) is 5.37. The molecule has 0 amide bonds. The summed E-state index contributed by atoms with van der Waals surface area (Å²) < 4.78 is 39.5. The lowest BCUT2D eigenvalue weighted by Crippen LogP contribution is -2.54. The van der Waals surface area contributed by atoms with Crippen molar-refractivity contribution < 1.29 is 37.7 Å². The summed E-state index contributed by atoms with van der Waals surface area (Å²) in [5.74, 6) is -9.18. The smallest absolute Gasteiger partial charge is 0.338 e. The minimum atomic E-state index is -4.30. The van der Waals surface area contributed by atoms with Gasteiger partial charge in [0.2, 0.25) is 0 Å². The van der Waals surface area contributed by atoms with Crippen LogP contribution in [0, 0.1) is 5.92 Å². The van der Waals surface area contributed by atoms with E-state index >= 15 is 0 Å². The number of carboxylic acid groups (broad SMARTS) is 1. The van der Waals surface area contributed by atoms with Gasteiger partial charge in [0.25, 0.3) is 0 Å². The number of ether oxygens (including phenoxy) is 2. The summed E-state index contributed by atoms with van der Waals surface area (Å²) in [5, 5.41) is 11.1. The Labute approximate surface area is 192 Å². The number of rotatable bonds is 8. The highest BCUT2D eigenvalue weighted by molar-refractivity contribution is 5.93. The summed E-state index contributed by atoms with van der Waals surface area (Å²) in [5.41, 5.74) is -0.283. The lowest BCUT2D eigenvalue weighted by atomic mass is 9.82. The summed E-state index contributed by atoms with van der Waals surface area (Å²) in [7, 11) is 0. The van der Waals surface area contributed by atoms with E-state index in [1.807, 2.05) is 6.92 Å². The molecule has 0 heterocycles. The van der Waals surface area contributed by atoms with Crippen molar-refractivity contribution >= 4 is 17.9 Å². The Morgan fingerprint density at radius 2 is 1.48 bits per heavy atom. The number of hydrogen-bond acceptors (Lipinski definition) is 6. The van der Waals surface area contributed by atoms with E-state index in [0.29, 0.717) is 25.7 Å². The Morgan fingerprint density at radius 1 is 0.970 bits per heavy atom. The molecule has 1 atom stereocenters. The van der Waals surface area contributed by atoms with Crippen LogP contribution in [0.4, 0.5) is 8.78 Å². The maximum atomic E-state index is 14.3. The van der Waals surface area contributed by atoms with Crippen molar-refractivity contribution in [2.24, 2.45) is 5.92 Å². The van der Waals surface area contributed by atoms with E-state index in [1.54, 1.807) is 0 Å². The molecule has 0 aromatic heterocycles. The van der Waals surface area contributed by atoms with Gasteiger partial charge in [-0.1, -0.05) is 32.6 Å². The number of hydrogen-bond donors (Lipinski definition) is 0. The fourth-order valence-corrected chi connectivity index (χ4v) is 4.92. The van der Waals surface area contributed by atoms with Crippen molar-refractivity contribution in [1.82, 2.24) is 0 Å². The third-order valence-electron chi connectivity index (χ3n) is 7.02. The van der Waals surface area contributed by atoms with Crippen molar-refractivity contribution in [3.05, 3.63) is 35.4 Å². The summed E-state index contributed by atoms with van der Waals surface area (Å²) in [6.07, 6.45) is 6.28. The Hall–Kier alpha value is -2.51. The van der Waals surface area contributed by atoms with Gasteiger partial charge in [-0.3, -0.25) is 0 Å². The van der Waals surface area contributed by atoms with Gasteiger partial charge in [0, 0.05) is 5.92 Å². The lowest BCUT2D eigenvalue weighted by Gasteiger charge is -2.36. The van der Waals surface area contributed by atoms with E-state index in [1.165, 1.54) is 24.3 Å². The van der Waals surface area contributed by atoms with Gasteiger partial charge in [0.05, 0.1) is 11.1 Å². The molecule has 1 aromatic rings. The minimum Gasteiger partial charge on any atom is -0.544 e. The third kappa shape index (κ3) is 5.89. The normalized spacial score (nSPS) is 20.0. The van der Waals surface area contributed by atoms with Crippen LogP contribution in [0.2, 0.25) is 0 Å². The van der Waals surface area contributed by atoms with E-state index in [4.69, 9.17) is 9.47 Å². The molecule has 0 spiro atoms. The molecule has 2 fully saturated rings. The van der Waals surface area contributed by atoms with Gasteiger partial charge in [0.15, 0.2) is 6.10 Å². The van der Waals surface area contributed by atoms with E-state index in [-0.39, 0.29) is 11.1 Å². The second kappa shape index (κ2) is 10.6. The number of carbonyl (C=O) groups excluding carboxylic acids is 3. The Balaban J connectivity index is 1.70. The predicted octanol–water partition coefficient (Wildman–Crippen LogP) is 4.45. The van der Waals surface area contributed by atoms with Gasteiger partial charge in [-0.2, -0.15) is 8.78 Å². The van der Waals surface area contributed by atoms with E-state index in [2.05, 4.69) is 0 Å². The first-order valence-electron chi connectivity index (χ1n) is 11.8. The first-order chi connectivity index (χ1) is 15.7. The molecule has 2 aliphatic carbocycles. The van der Waals surface area contributed by atoms with E-state index in [9.17, 15) is 28.3 Å². The monoisotopic (exact) mass is 465 g/mol. The number of carbonyl (C=O) groups is 3. The summed E-state index contributed by atoms with van der Waals surface area (Å²) >= 11 is 0. The second-order valence-electron chi connectivity index (χ2n) is 9.20.